The van der Waals surface area contributed by atoms with Crippen LogP contribution in [0.25, 0.3) is 11.2 Å². The molecule has 0 aliphatic carbocycles. The normalized spacial score (nSPS) is 16.0. The van der Waals surface area contributed by atoms with Crippen LogP contribution in [0.5, 0.6) is 0 Å². The number of aryl methyl sites for hydroxylation is 3. The summed E-state index contributed by atoms with van der Waals surface area (Å²) in [4.78, 5) is 29.9. The Bertz CT molecular complexity index is 1300. The Balaban J connectivity index is 1.70. The lowest BCUT2D eigenvalue weighted by atomic mass is 10.1. The molecule has 1 aliphatic heterocycles. The first-order chi connectivity index (χ1) is 14.2. The van der Waals surface area contributed by atoms with Crippen LogP contribution in [0.3, 0.4) is 0 Å². The molecular formula is C21H27N7O2. The molecule has 0 amide bonds. The lowest BCUT2D eigenvalue weighted by Crippen LogP contribution is -2.39. The number of benzene rings is 1. The summed E-state index contributed by atoms with van der Waals surface area (Å²) < 4.78 is 4.42. The second-order valence-electron chi connectivity index (χ2n) is 7.93. The molecule has 0 unspecified atom stereocenters. The molecule has 0 saturated carbocycles. The van der Waals surface area contributed by atoms with Crippen molar-refractivity contribution in [1.82, 2.24) is 18.7 Å². The molecule has 9 nitrogen and oxygen atoms in total. The zero-order valence-corrected chi connectivity index (χ0v) is 18.2. The zero-order chi connectivity index (χ0) is 21.7. The van der Waals surface area contributed by atoms with E-state index in [4.69, 9.17) is 5.10 Å². The van der Waals surface area contributed by atoms with Crippen LogP contribution in [0.2, 0.25) is 0 Å². The summed E-state index contributed by atoms with van der Waals surface area (Å²) in [5.74, 6) is 0.572. The number of imidazole rings is 1. The molecule has 2 aromatic heterocycles. The van der Waals surface area contributed by atoms with Crippen molar-refractivity contribution >= 4 is 28.5 Å². The van der Waals surface area contributed by atoms with Gasteiger partial charge >= 0.3 is 5.69 Å². The predicted octanol–water partition coefficient (Wildman–Crippen LogP) is 1.92. The SMILES string of the molecule is CC1=NN(CCNc2ccc(C)c(C)c2)c2nc3c(c(=O)n(C)c(=O)n3C)n2[C@@H]1C. The molecule has 30 heavy (non-hydrogen) atoms. The maximum absolute atomic E-state index is 12.9. The van der Waals surface area contributed by atoms with Crippen molar-refractivity contribution in [3.8, 4) is 0 Å². The number of hydrogen-bond donors (Lipinski definition) is 1. The van der Waals surface area contributed by atoms with Crippen LogP contribution >= 0.6 is 0 Å². The van der Waals surface area contributed by atoms with Crippen molar-refractivity contribution in [2.24, 2.45) is 19.2 Å². The van der Waals surface area contributed by atoms with Gasteiger partial charge in [0.05, 0.1) is 18.3 Å². The van der Waals surface area contributed by atoms with Crippen LogP contribution in [-0.2, 0) is 14.1 Å². The Morgan fingerprint density at radius 3 is 2.50 bits per heavy atom. The summed E-state index contributed by atoms with van der Waals surface area (Å²) in [5, 5.41) is 9.92. The largest absolute Gasteiger partial charge is 0.383 e. The zero-order valence-electron chi connectivity index (χ0n) is 18.2. The molecule has 1 aromatic carbocycles. The van der Waals surface area contributed by atoms with Crippen LogP contribution in [0, 0.1) is 13.8 Å². The third-order valence-corrected chi connectivity index (χ3v) is 5.93. The maximum atomic E-state index is 12.9. The molecule has 9 heteroatoms. The van der Waals surface area contributed by atoms with E-state index in [-0.39, 0.29) is 11.6 Å². The molecule has 0 saturated heterocycles. The Labute approximate surface area is 174 Å². The number of nitrogens with zero attached hydrogens (tertiary/aromatic N) is 6. The lowest BCUT2D eigenvalue weighted by Gasteiger charge is -2.29. The van der Waals surface area contributed by atoms with Gasteiger partial charge in [0.15, 0.2) is 11.2 Å². The molecular weight excluding hydrogens is 382 g/mol. The Kier molecular flexibility index (Phi) is 4.76. The highest BCUT2D eigenvalue weighted by Gasteiger charge is 2.30. The summed E-state index contributed by atoms with van der Waals surface area (Å²) in [6, 6.07) is 6.15. The summed E-state index contributed by atoms with van der Waals surface area (Å²) in [5.41, 5.74) is 4.48. The number of hydrazone groups is 1. The second kappa shape index (κ2) is 7.16. The Morgan fingerprint density at radius 1 is 1.07 bits per heavy atom. The van der Waals surface area contributed by atoms with Gasteiger partial charge in [-0.3, -0.25) is 18.5 Å². The minimum Gasteiger partial charge on any atom is -0.383 e. The van der Waals surface area contributed by atoms with E-state index in [1.165, 1.54) is 22.7 Å². The average Bonchev–Trinajstić information content (AvgIpc) is 3.12. The highest BCUT2D eigenvalue weighted by molar-refractivity contribution is 5.91. The van der Waals surface area contributed by atoms with Gasteiger partial charge in [0.25, 0.3) is 5.56 Å². The topological polar surface area (TPSA) is 89.5 Å². The molecule has 3 heterocycles. The first kappa shape index (κ1) is 19.9. The van der Waals surface area contributed by atoms with Crippen molar-refractivity contribution in [1.29, 1.82) is 0 Å². The van der Waals surface area contributed by atoms with Crippen molar-refractivity contribution in [2.45, 2.75) is 33.7 Å². The highest BCUT2D eigenvalue weighted by Crippen LogP contribution is 2.29. The van der Waals surface area contributed by atoms with Crippen LogP contribution in [0.1, 0.15) is 31.0 Å². The van der Waals surface area contributed by atoms with Gasteiger partial charge in [0.1, 0.15) is 0 Å². The van der Waals surface area contributed by atoms with Crippen LogP contribution in [-0.4, -0.2) is 37.5 Å². The molecule has 0 radical (unpaired) electrons. The first-order valence-corrected chi connectivity index (χ1v) is 10.0. The minimum absolute atomic E-state index is 0.126. The van der Waals surface area contributed by atoms with Gasteiger partial charge in [-0.25, -0.2) is 9.80 Å². The van der Waals surface area contributed by atoms with E-state index in [0.717, 1.165) is 16.0 Å². The van der Waals surface area contributed by atoms with Gasteiger partial charge in [-0.15, -0.1) is 0 Å². The molecule has 1 N–H and O–H groups in total. The molecule has 0 fully saturated rings. The smallest absolute Gasteiger partial charge is 0.332 e. The van der Waals surface area contributed by atoms with E-state index < -0.39 is 5.69 Å². The van der Waals surface area contributed by atoms with Crippen LogP contribution < -0.4 is 21.6 Å². The third-order valence-electron chi connectivity index (χ3n) is 5.93. The quantitative estimate of drug-likeness (QED) is 0.711. The maximum Gasteiger partial charge on any atom is 0.332 e. The molecule has 1 aliphatic rings. The minimum atomic E-state index is -0.392. The van der Waals surface area contributed by atoms with Crippen molar-refractivity contribution in [3.05, 3.63) is 50.2 Å². The monoisotopic (exact) mass is 409 g/mol. The number of anilines is 2. The van der Waals surface area contributed by atoms with Crippen LogP contribution in [0.4, 0.5) is 11.6 Å². The molecule has 3 aromatic rings. The van der Waals surface area contributed by atoms with E-state index in [1.807, 2.05) is 18.4 Å². The van der Waals surface area contributed by atoms with Crippen molar-refractivity contribution < 1.29 is 0 Å². The lowest BCUT2D eigenvalue weighted by molar-refractivity contribution is 0.638. The molecule has 158 valence electrons. The van der Waals surface area contributed by atoms with Crippen molar-refractivity contribution in [3.63, 3.8) is 0 Å². The number of hydrogen-bond acceptors (Lipinski definition) is 6. The van der Waals surface area contributed by atoms with Gasteiger partial charge in [0, 0.05) is 26.3 Å². The van der Waals surface area contributed by atoms with Gasteiger partial charge in [-0.2, -0.15) is 10.1 Å². The van der Waals surface area contributed by atoms with Crippen LogP contribution in [0.15, 0.2) is 32.9 Å². The van der Waals surface area contributed by atoms with Gasteiger partial charge < -0.3 is 5.32 Å². The van der Waals surface area contributed by atoms with Gasteiger partial charge in [-0.1, -0.05) is 6.07 Å². The van der Waals surface area contributed by atoms with Gasteiger partial charge in [0.2, 0.25) is 5.95 Å². The fourth-order valence-corrected chi connectivity index (χ4v) is 3.77. The molecule has 0 bridgehead atoms. The fraction of sp³-hybridized carbons (Fsp3) is 0.429. The average molecular weight is 409 g/mol. The van der Waals surface area contributed by atoms with Crippen molar-refractivity contribution in [2.75, 3.05) is 23.4 Å². The number of fused-ring (bicyclic) bond motifs is 3. The highest BCUT2D eigenvalue weighted by atomic mass is 16.2. The van der Waals surface area contributed by atoms with E-state index in [0.29, 0.717) is 30.2 Å². The summed E-state index contributed by atoms with van der Waals surface area (Å²) in [6.45, 7) is 9.32. The number of aromatic nitrogens is 4. The van der Waals surface area contributed by atoms with E-state index >= 15 is 0 Å². The standard InChI is InChI=1S/C21H27N7O2/c1-12-7-8-16(11-13(12)2)22-9-10-27-20-23-18-17(28(20)15(4)14(3)24-27)19(29)26(6)21(30)25(18)5/h7-8,11,15,22H,9-10H2,1-6H3/t15-/m1/s1. The van der Waals surface area contributed by atoms with E-state index in [9.17, 15) is 9.59 Å². The fourth-order valence-electron chi connectivity index (χ4n) is 3.77. The Hall–Kier alpha value is -3.36. The van der Waals surface area contributed by atoms with E-state index in [1.54, 1.807) is 12.1 Å². The summed E-state index contributed by atoms with van der Waals surface area (Å²) in [6.07, 6.45) is 0. The first-order valence-electron chi connectivity index (χ1n) is 10.0. The predicted molar refractivity (Wildman–Crippen MR) is 120 cm³/mol. The second-order valence-corrected chi connectivity index (χ2v) is 7.93. The Morgan fingerprint density at radius 2 is 1.80 bits per heavy atom. The van der Waals surface area contributed by atoms with E-state index in [2.05, 4.69) is 42.3 Å². The number of rotatable bonds is 4. The third kappa shape index (κ3) is 3.01. The molecule has 0 spiro atoms. The summed E-state index contributed by atoms with van der Waals surface area (Å²) >= 11 is 0. The van der Waals surface area contributed by atoms with Gasteiger partial charge in [-0.05, 0) is 51.0 Å². The number of nitrogens with one attached hydrogen (secondary N) is 1. The summed E-state index contributed by atoms with van der Waals surface area (Å²) in [7, 11) is 3.12. The molecule has 4 rings (SSSR count). The molecule has 1 atom stereocenters.